The molecule has 0 N–H and O–H groups in total. The summed E-state index contributed by atoms with van der Waals surface area (Å²) in [5, 5.41) is 11.4. The van der Waals surface area contributed by atoms with E-state index in [9.17, 15) is 14.9 Å². The highest BCUT2D eigenvalue weighted by Gasteiger charge is 2.28. The molecular formula is C17H20N4O3. The summed E-state index contributed by atoms with van der Waals surface area (Å²) in [4.78, 5) is 29.4. The predicted octanol–water partition coefficient (Wildman–Crippen LogP) is 3.04. The van der Waals surface area contributed by atoms with E-state index in [2.05, 4.69) is 4.98 Å². The third kappa shape index (κ3) is 3.45. The van der Waals surface area contributed by atoms with Crippen LogP contribution in [0.4, 0.5) is 5.69 Å². The molecular weight excluding hydrogens is 308 g/mol. The molecule has 1 aromatic carbocycles. The molecule has 1 fully saturated rings. The van der Waals surface area contributed by atoms with Gasteiger partial charge in [0.15, 0.2) is 0 Å². The molecule has 126 valence electrons. The Kier molecular flexibility index (Phi) is 4.59. The minimum absolute atomic E-state index is 0.0956. The van der Waals surface area contributed by atoms with Crippen molar-refractivity contribution in [2.75, 3.05) is 13.1 Å². The van der Waals surface area contributed by atoms with Gasteiger partial charge in [0, 0.05) is 37.1 Å². The summed E-state index contributed by atoms with van der Waals surface area (Å²) in [6.45, 7) is 3.44. The topological polar surface area (TPSA) is 81.3 Å². The fourth-order valence-electron chi connectivity index (χ4n) is 2.76. The largest absolute Gasteiger partial charge is 0.338 e. The number of nitrogens with zero attached hydrogens (tertiary/aromatic N) is 4. The summed E-state index contributed by atoms with van der Waals surface area (Å²) in [6, 6.07) is 4.63. The van der Waals surface area contributed by atoms with Gasteiger partial charge in [-0.05, 0) is 37.3 Å². The highest BCUT2D eigenvalue weighted by atomic mass is 16.6. The van der Waals surface area contributed by atoms with Gasteiger partial charge in [-0.15, -0.1) is 0 Å². The normalized spacial score (nSPS) is 13.7. The first kappa shape index (κ1) is 16.2. The van der Waals surface area contributed by atoms with Crippen LogP contribution in [0.25, 0.3) is 5.69 Å². The number of hydrogen-bond acceptors (Lipinski definition) is 4. The molecule has 1 aliphatic carbocycles. The lowest BCUT2D eigenvalue weighted by Gasteiger charge is -2.22. The molecule has 1 amide bonds. The smallest absolute Gasteiger partial charge is 0.294 e. The lowest BCUT2D eigenvalue weighted by Crippen LogP contribution is -2.33. The van der Waals surface area contributed by atoms with Gasteiger partial charge >= 0.3 is 0 Å². The molecule has 0 spiro atoms. The van der Waals surface area contributed by atoms with Crippen molar-refractivity contribution in [2.24, 2.45) is 5.92 Å². The standard InChI is InChI=1S/C17H20N4O3/c1-2-8-19(11-13-3-4-13)17(22)14-5-6-15(16(10-14)21(23)24)20-9-7-18-12-20/h5-7,9-10,12-13H,2-4,8,11H2,1H3. The lowest BCUT2D eigenvalue weighted by atomic mass is 10.1. The lowest BCUT2D eigenvalue weighted by molar-refractivity contribution is -0.384. The van der Waals surface area contributed by atoms with Crippen molar-refractivity contribution < 1.29 is 9.72 Å². The van der Waals surface area contributed by atoms with E-state index < -0.39 is 4.92 Å². The minimum atomic E-state index is -0.461. The molecule has 24 heavy (non-hydrogen) atoms. The number of nitro groups is 1. The summed E-state index contributed by atoms with van der Waals surface area (Å²) in [5.41, 5.74) is 0.666. The molecule has 1 aromatic heterocycles. The predicted molar refractivity (Wildman–Crippen MR) is 89.1 cm³/mol. The van der Waals surface area contributed by atoms with Crippen LogP contribution in [-0.4, -0.2) is 38.4 Å². The van der Waals surface area contributed by atoms with Crippen molar-refractivity contribution in [1.29, 1.82) is 0 Å². The Labute approximate surface area is 140 Å². The van der Waals surface area contributed by atoms with Gasteiger partial charge in [0.05, 0.1) is 11.3 Å². The van der Waals surface area contributed by atoms with Gasteiger partial charge in [-0.2, -0.15) is 0 Å². The van der Waals surface area contributed by atoms with Crippen LogP contribution in [-0.2, 0) is 0 Å². The molecule has 3 rings (SSSR count). The molecule has 7 heteroatoms. The number of rotatable bonds is 7. The Morgan fingerprint density at radius 1 is 1.46 bits per heavy atom. The van der Waals surface area contributed by atoms with Gasteiger partial charge in [0.2, 0.25) is 0 Å². The molecule has 0 saturated heterocycles. The van der Waals surface area contributed by atoms with E-state index >= 15 is 0 Å². The van der Waals surface area contributed by atoms with E-state index in [0.29, 0.717) is 23.7 Å². The van der Waals surface area contributed by atoms with Crippen molar-refractivity contribution in [3.05, 3.63) is 52.6 Å². The summed E-state index contributed by atoms with van der Waals surface area (Å²) in [6.07, 6.45) is 7.89. The third-order valence-electron chi connectivity index (χ3n) is 4.16. The van der Waals surface area contributed by atoms with Crippen molar-refractivity contribution in [1.82, 2.24) is 14.5 Å². The van der Waals surface area contributed by atoms with Crippen LogP contribution < -0.4 is 0 Å². The average Bonchev–Trinajstić information content (AvgIpc) is 3.23. The maximum Gasteiger partial charge on any atom is 0.294 e. The van der Waals surface area contributed by atoms with Gasteiger partial charge in [-0.1, -0.05) is 6.92 Å². The number of aromatic nitrogens is 2. The quantitative estimate of drug-likeness (QED) is 0.578. The molecule has 0 bridgehead atoms. The second kappa shape index (κ2) is 6.82. The van der Waals surface area contributed by atoms with Crippen LogP contribution in [0.15, 0.2) is 36.9 Å². The minimum Gasteiger partial charge on any atom is -0.338 e. The number of hydrogen-bond donors (Lipinski definition) is 0. The zero-order valence-electron chi connectivity index (χ0n) is 13.6. The number of carbonyl (C=O) groups excluding carboxylic acids is 1. The summed E-state index contributed by atoms with van der Waals surface area (Å²) < 4.78 is 1.57. The monoisotopic (exact) mass is 328 g/mol. The first-order valence-corrected chi connectivity index (χ1v) is 8.16. The zero-order valence-corrected chi connectivity index (χ0v) is 13.6. The van der Waals surface area contributed by atoms with E-state index in [1.165, 1.54) is 12.4 Å². The van der Waals surface area contributed by atoms with E-state index in [1.54, 1.807) is 29.1 Å². The van der Waals surface area contributed by atoms with E-state index in [0.717, 1.165) is 25.8 Å². The number of benzene rings is 1. The molecule has 1 saturated carbocycles. The molecule has 7 nitrogen and oxygen atoms in total. The van der Waals surface area contributed by atoms with Crippen molar-refractivity contribution in [2.45, 2.75) is 26.2 Å². The van der Waals surface area contributed by atoms with Crippen LogP contribution in [0.1, 0.15) is 36.5 Å². The maximum absolute atomic E-state index is 12.8. The molecule has 1 aliphatic rings. The summed E-state index contributed by atoms with van der Waals surface area (Å²) >= 11 is 0. The van der Waals surface area contributed by atoms with Crippen LogP contribution in [0.3, 0.4) is 0 Å². The number of nitro benzene ring substituents is 1. The fourth-order valence-corrected chi connectivity index (χ4v) is 2.76. The van der Waals surface area contributed by atoms with Crippen molar-refractivity contribution >= 4 is 11.6 Å². The van der Waals surface area contributed by atoms with E-state index in [-0.39, 0.29) is 11.6 Å². The number of amides is 1. The highest BCUT2D eigenvalue weighted by molar-refractivity contribution is 5.95. The van der Waals surface area contributed by atoms with Crippen LogP contribution in [0.2, 0.25) is 0 Å². The molecule has 0 radical (unpaired) electrons. The van der Waals surface area contributed by atoms with Gasteiger partial charge in [0.25, 0.3) is 11.6 Å². The van der Waals surface area contributed by atoms with Gasteiger partial charge in [0.1, 0.15) is 5.69 Å². The van der Waals surface area contributed by atoms with Gasteiger partial charge in [-0.3, -0.25) is 14.9 Å². The third-order valence-corrected chi connectivity index (χ3v) is 4.16. The van der Waals surface area contributed by atoms with E-state index in [1.807, 2.05) is 11.8 Å². The van der Waals surface area contributed by atoms with Gasteiger partial charge < -0.3 is 9.47 Å². The molecule has 0 unspecified atom stereocenters. The molecule has 1 heterocycles. The molecule has 0 aliphatic heterocycles. The Hall–Kier alpha value is -2.70. The Balaban J connectivity index is 1.91. The second-order valence-corrected chi connectivity index (χ2v) is 6.13. The average molecular weight is 328 g/mol. The maximum atomic E-state index is 12.8. The van der Waals surface area contributed by atoms with Crippen LogP contribution in [0, 0.1) is 16.0 Å². The van der Waals surface area contributed by atoms with Crippen molar-refractivity contribution in [3.63, 3.8) is 0 Å². The zero-order chi connectivity index (χ0) is 17.1. The Morgan fingerprint density at radius 2 is 2.25 bits per heavy atom. The van der Waals surface area contributed by atoms with E-state index in [4.69, 9.17) is 0 Å². The summed E-state index contributed by atoms with van der Waals surface area (Å²) in [7, 11) is 0. The Bertz CT molecular complexity index is 738. The van der Waals surface area contributed by atoms with Crippen LogP contribution in [0.5, 0.6) is 0 Å². The van der Waals surface area contributed by atoms with Crippen molar-refractivity contribution in [3.8, 4) is 5.69 Å². The van der Waals surface area contributed by atoms with Crippen LogP contribution >= 0.6 is 0 Å². The fraction of sp³-hybridized carbons (Fsp3) is 0.412. The number of carbonyl (C=O) groups is 1. The second-order valence-electron chi connectivity index (χ2n) is 6.13. The number of imidazole rings is 1. The summed E-state index contributed by atoms with van der Waals surface area (Å²) in [5.74, 6) is 0.449. The SMILES string of the molecule is CCCN(CC1CC1)C(=O)c1ccc(-n2ccnc2)c([N+](=O)[O-])c1. The van der Waals surface area contributed by atoms with Gasteiger partial charge in [-0.25, -0.2) is 4.98 Å². The molecule has 0 atom stereocenters. The highest BCUT2D eigenvalue weighted by Crippen LogP contribution is 2.31. The first-order chi connectivity index (χ1) is 11.6. The Morgan fingerprint density at radius 3 is 2.83 bits per heavy atom. The first-order valence-electron chi connectivity index (χ1n) is 8.16. The molecule has 2 aromatic rings.